The topological polar surface area (TPSA) is 104 Å². The van der Waals surface area contributed by atoms with E-state index in [9.17, 15) is 9.59 Å². The van der Waals surface area contributed by atoms with Crippen LogP contribution in [0.15, 0.2) is 42.5 Å². The Morgan fingerprint density at radius 3 is 2.45 bits per heavy atom. The van der Waals surface area contributed by atoms with Crippen molar-refractivity contribution in [1.82, 2.24) is 4.98 Å². The number of methoxy groups -OCH3 is 2. The maximum atomic E-state index is 12.8. The molecular weight excluding hydrogens is 414 g/mol. The first kappa shape index (κ1) is 22.3. The summed E-state index contributed by atoms with van der Waals surface area (Å²) in [5.74, 6) is 0.812. The number of ketones is 1. The Bertz CT molecular complexity index is 1080. The van der Waals surface area contributed by atoms with Crippen molar-refractivity contribution < 1.29 is 19.1 Å². The minimum atomic E-state index is -0.362. The van der Waals surface area contributed by atoms with Gasteiger partial charge in [-0.05, 0) is 42.3 Å². The van der Waals surface area contributed by atoms with Crippen LogP contribution < -0.4 is 20.5 Å². The molecule has 0 saturated carbocycles. The Hall–Kier alpha value is -3.39. The highest BCUT2D eigenvalue weighted by molar-refractivity contribution is 7.16. The summed E-state index contributed by atoms with van der Waals surface area (Å²) in [7, 11) is 3.13. The number of carbonyl (C=O) groups is 2. The van der Waals surface area contributed by atoms with Crippen LogP contribution in [0.25, 0.3) is 0 Å². The summed E-state index contributed by atoms with van der Waals surface area (Å²) in [6, 6.07) is 12.5. The van der Waals surface area contributed by atoms with E-state index in [-0.39, 0.29) is 11.7 Å². The molecule has 8 heteroatoms. The number of nitrogens with one attached hydrogen (secondary N) is 1. The Kier molecular flexibility index (Phi) is 7.25. The number of thiazole rings is 1. The molecule has 0 bridgehead atoms. The van der Waals surface area contributed by atoms with Crippen molar-refractivity contribution in [2.75, 3.05) is 25.3 Å². The van der Waals surface area contributed by atoms with Crippen molar-refractivity contribution in [2.24, 2.45) is 0 Å². The van der Waals surface area contributed by atoms with E-state index in [1.165, 1.54) is 18.4 Å². The second kappa shape index (κ2) is 10.1. The molecule has 162 valence electrons. The van der Waals surface area contributed by atoms with Crippen molar-refractivity contribution in [3.05, 3.63) is 64.3 Å². The summed E-state index contributed by atoms with van der Waals surface area (Å²) in [5, 5.41) is 4.03. The van der Waals surface area contributed by atoms with Crippen molar-refractivity contribution in [3.63, 3.8) is 0 Å². The summed E-state index contributed by atoms with van der Waals surface area (Å²) < 4.78 is 10.3. The number of nitrogens with two attached hydrogens (primary N) is 1. The molecule has 0 unspecified atom stereocenters. The molecule has 0 spiro atoms. The minimum absolute atomic E-state index is 0.0933. The average molecular weight is 440 g/mol. The van der Waals surface area contributed by atoms with Gasteiger partial charge in [0.1, 0.15) is 22.2 Å². The van der Waals surface area contributed by atoms with Gasteiger partial charge in [-0.25, -0.2) is 4.98 Å². The van der Waals surface area contributed by atoms with Gasteiger partial charge < -0.3 is 20.5 Å². The molecule has 3 N–H and O–H groups in total. The summed E-state index contributed by atoms with van der Waals surface area (Å²) in [5.41, 5.74) is 7.98. The van der Waals surface area contributed by atoms with Crippen LogP contribution in [-0.2, 0) is 6.42 Å². The number of anilines is 2. The third-order valence-corrected chi connectivity index (χ3v) is 5.62. The number of nitrogen functional groups attached to an aromatic ring is 1. The zero-order valence-corrected chi connectivity index (χ0v) is 18.5. The Balaban J connectivity index is 1.85. The van der Waals surface area contributed by atoms with E-state index in [4.69, 9.17) is 15.2 Å². The molecule has 1 heterocycles. The van der Waals surface area contributed by atoms with Crippen molar-refractivity contribution in [2.45, 2.75) is 26.2 Å². The first-order chi connectivity index (χ1) is 14.9. The number of ether oxygens (including phenoxy) is 2. The quantitative estimate of drug-likeness (QED) is 0.374. The van der Waals surface area contributed by atoms with Crippen LogP contribution in [0.5, 0.6) is 11.5 Å². The van der Waals surface area contributed by atoms with Gasteiger partial charge in [-0.15, -0.1) is 11.3 Å². The molecule has 0 aliphatic rings. The zero-order valence-electron chi connectivity index (χ0n) is 17.7. The van der Waals surface area contributed by atoms with Gasteiger partial charge in [0.25, 0.3) is 5.91 Å². The molecule has 1 amide bonds. The predicted molar refractivity (Wildman–Crippen MR) is 123 cm³/mol. The maximum absolute atomic E-state index is 12.8. The van der Waals surface area contributed by atoms with Gasteiger partial charge in [-0.3, -0.25) is 9.59 Å². The summed E-state index contributed by atoms with van der Waals surface area (Å²) in [6.07, 6.45) is 1.61. The van der Waals surface area contributed by atoms with E-state index in [2.05, 4.69) is 10.3 Å². The molecule has 0 saturated heterocycles. The van der Waals surface area contributed by atoms with Crippen LogP contribution in [-0.4, -0.2) is 30.9 Å². The molecule has 31 heavy (non-hydrogen) atoms. The summed E-state index contributed by atoms with van der Waals surface area (Å²) in [6.45, 7) is 1.93. The van der Waals surface area contributed by atoms with E-state index in [0.717, 1.165) is 16.3 Å². The fraction of sp³-hybridized carbons (Fsp3) is 0.261. The third-order valence-electron chi connectivity index (χ3n) is 4.65. The first-order valence-corrected chi connectivity index (χ1v) is 10.7. The van der Waals surface area contributed by atoms with Crippen molar-refractivity contribution in [1.29, 1.82) is 0 Å². The first-order valence-electron chi connectivity index (χ1n) is 9.85. The molecule has 0 aliphatic heterocycles. The number of aromatic nitrogens is 1. The monoisotopic (exact) mass is 439 g/mol. The number of Topliss-reactive ketones (excluding diaryl/α,β-unsaturated/α-hetero) is 1. The van der Waals surface area contributed by atoms with Crippen LogP contribution >= 0.6 is 11.3 Å². The number of rotatable bonds is 9. The number of hydrogen-bond acceptors (Lipinski definition) is 7. The van der Waals surface area contributed by atoms with E-state index in [0.29, 0.717) is 47.0 Å². The van der Waals surface area contributed by atoms with Crippen LogP contribution in [0.3, 0.4) is 0 Å². The summed E-state index contributed by atoms with van der Waals surface area (Å²) >= 11 is 1.30. The standard InChI is InChI=1S/C23H25N3O4S/c1-4-5-18(27)21-23(26-22(28)15-8-11-19(30-3)17(24)13-15)31-20(25-21)12-14-6-9-16(29-2)10-7-14/h6-11,13H,4-5,12,24H2,1-3H3,(H,26,28). The average Bonchev–Trinajstić information content (AvgIpc) is 3.16. The highest BCUT2D eigenvalue weighted by Crippen LogP contribution is 2.29. The molecule has 0 fully saturated rings. The molecule has 0 radical (unpaired) electrons. The molecule has 0 aliphatic carbocycles. The molecular formula is C23H25N3O4S. The van der Waals surface area contributed by atoms with Gasteiger partial charge in [-0.1, -0.05) is 19.1 Å². The third kappa shape index (κ3) is 5.40. The van der Waals surface area contributed by atoms with Gasteiger partial charge >= 0.3 is 0 Å². The lowest BCUT2D eigenvalue weighted by Gasteiger charge is -2.08. The number of hydrogen-bond donors (Lipinski definition) is 2. The van der Waals surface area contributed by atoms with Crippen molar-refractivity contribution >= 4 is 33.7 Å². The van der Waals surface area contributed by atoms with Gasteiger partial charge in [0.05, 0.1) is 24.9 Å². The normalized spacial score (nSPS) is 10.5. The zero-order chi connectivity index (χ0) is 22.4. The van der Waals surface area contributed by atoms with Gasteiger partial charge in [0.2, 0.25) is 0 Å². The lowest BCUT2D eigenvalue weighted by molar-refractivity contribution is 0.0978. The largest absolute Gasteiger partial charge is 0.497 e. The second-order valence-electron chi connectivity index (χ2n) is 6.89. The molecule has 1 aromatic heterocycles. The molecule has 3 aromatic rings. The van der Waals surface area contributed by atoms with E-state index in [1.807, 2.05) is 31.2 Å². The fourth-order valence-corrected chi connectivity index (χ4v) is 4.04. The maximum Gasteiger partial charge on any atom is 0.256 e. The smallest absolute Gasteiger partial charge is 0.256 e. The number of benzene rings is 2. The van der Waals surface area contributed by atoms with Gasteiger partial charge in [0.15, 0.2) is 5.78 Å². The second-order valence-corrected chi connectivity index (χ2v) is 7.98. The van der Waals surface area contributed by atoms with Crippen LogP contribution in [0.4, 0.5) is 10.7 Å². The summed E-state index contributed by atoms with van der Waals surface area (Å²) in [4.78, 5) is 29.9. The number of nitrogens with zero attached hydrogens (tertiary/aromatic N) is 1. The lowest BCUT2D eigenvalue weighted by Crippen LogP contribution is -2.14. The Labute approximate surface area is 185 Å². The van der Waals surface area contributed by atoms with Gasteiger partial charge in [0, 0.05) is 18.4 Å². The Morgan fingerprint density at radius 1 is 1.10 bits per heavy atom. The Morgan fingerprint density at radius 2 is 1.84 bits per heavy atom. The fourth-order valence-electron chi connectivity index (χ4n) is 3.03. The minimum Gasteiger partial charge on any atom is -0.497 e. The highest BCUT2D eigenvalue weighted by Gasteiger charge is 2.20. The van der Waals surface area contributed by atoms with Crippen LogP contribution in [0.2, 0.25) is 0 Å². The molecule has 0 atom stereocenters. The lowest BCUT2D eigenvalue weighted by atomic mass is 10.1. The molecule has 2 aromatic carbocycles. The SMILES string of the molecule is CCCC(=O)c1nc(Cc2ccc(OC)cc2)sc1NC(=O)c1ccc(OC)c(N)c1. The number of carbonyl (C=O) groups excluding carboxylic acids is 2. The van der Waals surface area contributed by atoms with E-state index in [1.54, 1.807) is 25.3 Å². The predicted octanol–water partition coefficient (Wildman–Crippen LogP) is 4.57. The van der Waals surface area contributed by atoms with Crippen molar-refractivity contribution in [3.8, 4) is 11.5 Å². The van der Waals surface area contributed by atoms with Crippen LogP contribution in [0.1, 0.15) is 51.2 Å². The molecule has 3 rings (SSSR count). The number of amides is 1. The highest BCUT2D eigenvalue weighted by atomic mass is 32.1. The van der Waals surface area contributed by atoms with E-state index >= 15 is 0 Å². The van der Waals surface area contributed by atoms with E-state index < -0.39 is 0 Å². The van der Waals surface area contributed by atoms with Crippen LogP contribution in [0, 0.1) is 0 Å². The van der Waals surface area contributed by atoms with Gasteiger partial charge in [-0.2, -0.15) is 0 Å². The molecule has 7 nitrogen and oxygen atoms in total.